The molecule has 11 heavy (non-hydrogen) atoms. The van der Waals surface area contributed by atoms with Crippen LogP contribution in [0.15, 0.2) is 0 Å². The van der Waals surface area contributed by atoms with Gasteiger partial charge in [0, 0.05) is 10.8 Å². The molecular weight excluding hydrogens is 220 g/mol. The van der Waals surface area contributed by atoms with Crippen molar-refractivity contribution in [3.8, 4) is 0 Å². The topological polar surface area (TPSA) is 26.3 Å². The number of rotatable bonds is 1. The lowest BCUT2D eigenvalue weighted by atomic mass is 11.0. The molecule has 0 spiro atoms. The number of ether oxygens (including phenoxy) is 1. The maximum absolute atomic E-state index is 10.6. The molecule has 0 aliphatic carbocycles. The second-order valence-electron chi connectivity index (χ2n) is 1.30. The highest BCUT2D eigenvalue weighted by molar-refractivity contribution is 8.92. The van der Waals surface area contributed by atoms with Gasteiger partial charge in [0.05, 0.1) is 7.11 Å². The van der Waals surface area contributed by atoms with Gasteiger partial charge in [-0.3, -0.25) is 0 Å². The van der Waals surface area contributed by atoms with Gasteiger partial charge in [-0.25, -0.2) is 4.79 Å². The molecule has 0 bridgehead atoms. The third-order valence-corrected chi connectivity index (χ3v) is 4.65. The Balaban J connectivity index is 3.38. The van der Waals surface area contributed by atoms with Crippen molar-refractivity contribution in [2.45, 2.75) is 6.92 Å². The second-order valence-corrected chi connectivity index (χ2v) is 5.84. The fourth-order valence-electron chi connectivity index (χ4n) is 0.244. The lowest BCUT2D eigenvalue weighted by Crippen LogP contribution is -1.88. The Morgan fingerprint density at radius 2 is 2.18 bits per heavy atom. The molecule has 0 unspecified atom stereocenters. The minimum Gasteiger partial charge on any atom is -0.460 e. The van der Waals surface area contributed by atoms with Gasteiger partial charge in [-0.15, -0.1) is 11.8 Å². The minimum atomic E-state index is -0.311. The zero-order valence-corrected chi connectivity index (χ0v) is 9.42. The molecule has 0 radical (unpaired) electrons. The van der Waals surface area contributed by atoms with Crippen LogP contribution in [0.1, 0.15) is 6.92 Å². The van der Waals surface area contributed by atoms with Crippen molar-refractivity contribution in [3.05, 3.63) is 0 Å². The summed E-state index contributed by atoms with van der Waals surface area (Å²) < 4.78 is 5.18. The van der Waals surface area contributed by atoms with E-state index in [9.17, 15) is 4.79 Å². The number of carbonyl (C=O) groups is 1. The number of hydrogen-bond acceptors (Lipinski definition) is 6. The van der Waals surface area contributed by atoms with Crippen LogP contribution in [0, 0.1) is 0 Å². The van der Waals surface area contributed by atoms with E-state index < -0.39 is 0 Å². The van der Waals surface area contributed by atoms with E-state index in [1.54, 1.807) is 11.8 Å². The molecule has 0 aliphatic heterocycles. The second kappa shape index (κ2) is 7.27. The Morgan fingerprint density at radius 1 is 1.55 bits per heavy atom. The maximum Gasteiger partial charge on any atom is 0.378 e. The highest BCUT2D eigenvalue weighted by Gasteiger charge is 2.04. The van der Waals surface area contributed by atoms with Crippen LogP contribution in [0.5, 0.6) is 0 Å². The van der Waals surface area contributed by atoms with Crippen LogP contribution in [-0.2, 0) is 4.74 Å². The SMILES string of the molecule is CCSC(=S)SSC(=O)OC. The summed E-state index contributed by atoms with van der Waals surface area (Å²) in [5, 5.41) is -0.311. The van der Waals surface area contributed by atoms with Crippen LogP contribution in [0.3, 0.4) is 0 Å². The number of thioether (sulfide) groups is 1. The summed E-state index contributed by atoms with van der Waals surface area (Å²) in [5.41, 5.74) is 0. The lowest BCUT2D eigenvalue weighted by Gasteiger charge is -1.97. The Morgan fingerprint density at radius 3 is 2.64 bits per heavy atom. The molecule has 0 aliphatic rings. The molecule has 64 valence electrons. The molecule has 0 rings (SSSR count). The Hall–Kier alpha value is 0.610. The van der Waals surface area contributed by atoms with Crippen molar-refractivity contribution in [2.75, 3.05) is 12.9 Å². The summed E-state index contributed by atoms with van der Waals surface area (Å²) in [7, 11) is 3.64. The van der Waals surface area contributed by atoms with E-state index in [0.717, 1.165) is 20.1 Å². The van der Waals surface area contributed by atoms with Crippen molar-refractivity contribution < 1.29 is 9.53 Å². The monoisotopic (exact) mass is 228 g/mol. The van der Waals surface area contributed by atoms with Gasteiger partial charge in [0.2, 0.25) is 0 Å². The molecular formula is C5H8O2S4. The van der Waals surface area contributed by atoms with E-state index in [-0.39, 0.29) is 5.30 Å². The molecule has 0 amide bonds. The fourth-order valence-corrected chi connectivity index (χ4v) is 3.24. The van der Waals surface area contributed by atoms with E-state index in [1.807, 2.05) is 6.92 Å². The summed E-state index contributed by atoms with van der Waals surface area (Å²) >= 11 is 6.47. The average molecular weight is 228 g/mol. The number of carbonyl (C=O) groups excluding carboxylic acids is 1. The molecule has 6 heteroatoms. The molecule has 0 saturated heterocycles. The zero-order valence-electron chi connectivity index (χ0n) is 6.16. The van der Waals surface area contributed by atoms with Gasteiger partial charge >= 0.3 is 5.30 Å². The number of hydrogen-bond donors (Lipinski definition) is 0. The minimum absolute atomic E-state index is 0.311. The molecule has 2 nitrogen and oxygen atoms in total. The third kappa shape index (κ3) is 6.99. The quantitative estimate of drug-likeness (QED) is 0.388. The summed E-state index contributed by atoms with van der Waals surface area (Å²) in [6.07, 6.45) is 0. The molecule has 0 heterocycles. The van der Waals surface area contributed by atoms with Gasteiger partial charge in [0.15, 0.2) is 0 Å². The summed E-state index contributed by atoms with van der Waals surface area (Å²) in [6.45, 7) is 2.01. The molecule has 0 aromatic rings. The maximum atomic E-state index is 10.6. The first-order chi connectivity index (χ1) is 5.20. The van der Waals surface area contributed by atoms with Gasteiger partial charge < -0.3 is 4.74 Å². The van der Waals surface area contributed by atoms with Crippen molar-refractivity contribution in [1.82, 2.24) is 0 Å². The largest absolute Gasteiger partial charge is 0.460 e. The van der Waals surface area contributed by atoms with Crippen LogP contribution in [-0.4, -0.2) is 21.7 Å². The van der Waals surface area contributed by atoms with Gasteiger partial charge in [0.1, 0.15) is 3.53 Å². The van der Waals surface area contributed by atoms with Crippen LogP contribution >= 0.6 is 45.6 Å². The zero-order chi connectivity index (χ0) is 8.69. The van der Waals surface area contributed by atoms with Crippen molar-refractivity contribution in [1.29, 1.82) is 0 Å². The van der Waals surface area contributed by atoms with Crippen LogP contribution < -0.4 is 0 Å². The van der Waals surface area contributed by atoms with Crippen molar-refractivity contribution in [2.24, 2.45) is 0 Å². The molecule has 0 fully saturated rings. The fraction of sp³-hybridized carbons (Fsp3) is 0.600. The van der Waals surface area contributed by atoms with Gasteiger partial charge in [0.25, 0.3) is 0 Å². The first-order valence-electron chi connectivity index (χ1n) is 2.80. The molecule has 0 aromatic heterocycles. The standard InChI is InChI=1S/C5H8O2S4/c1-3-9-5(8)11-10-4(6)7-2/h3H2,1-2H3. The lowest BCUT2D eigenvalue weighted by molar-refractivity contribution is 0.200. The normalized spacial score (nSPS) is 9.27. The van der Waals surface area contributed by atoms with E-state index in [2.05, 4.69) is 4.74 Å². The predicted molar refractivity (Wildman–Crippen MR) is 58.3 cm³/mol. The van der Waals surface area contributed by atoms with Crippen LogP contribution in [0.2, 0.25) is 0 Å². The Kier molecular flexibility index (Phi) is 7.67. The molecule has 0 atom stereocenters. The first kappa shape index (κ1) is 11.6. The van der Waals surface area contributed by atoms with E-state index in [1.165, 1.54) is 17.9 Å². The summed E-state index contributed by atoms with van der Waals surface area (Å²) in [6, 6.07) is 0. The van der Waals surface area contributed by atoms with E-state index >= 15 is 0 Å². The Bertz CT molecular complexity index is 147. The van der Waals surface area contributed by atoms with Crippen molar-refractivity contribution >= 4 is 54.4 Å². The average Bonchev–Trinajstić information content (AvgIpc) is 2.01. The van der Waals surface area contributed by atoms with Gasteiger partial charge in [-0.1, -0.05) is 19.1 Å². The third-order valence-electron chi connectivity index (χ3n) is 0.607. The van der Waals surface area contributed by atoms with Crippen LogP contribution in [0.25, 0.3) is 0 Å². The van der Waals surface area contributed by atoms with E-state index in [0.29, 0.717) is 0 Å². The summed E-state index contributed by atoms with van der Waals surface area (Å²) in [4.78, 5) is 10.6. The van der Waals surface area contributed by atoms with E-state index in [4.69, 9.17) is 12.2 Å². The molecule has 0 saturated carbocycles. The van der Waals surface area contributed by atoms with Gasteiger partial charge in [-0.2, -0.15) is 0 Å². The first-order valence-corrected chi connectivity index (χ1v) is 6.34. The Labute approximate surface area is 83.6 Å². The highest BCUT2D eigenvalue weighted by atomic mass is 33.1. The molecule has 0 N–H and O–H groups in total. The molecule has 0 aromatic carbocycles. The summed E-state index contributed by atoms with van der Waals surface area (Å²) in [5.74, 6) is 0.938. The van der Waals surface area contributed by atoms with Gasteiger partial charge in [-0.05, 0) is 16.5 Å². The number of thiocarbonyl (C=S) groups is 1. The highest BCUT2D eigenvalue weighted by Crippen LogP contribution is 2.30. The predicted octanol–water partition coefficient (Wildman–Crippen LogP) is 3.17. The number of methoxy groups -OCH3 is 1. The van der Waals surface area contributed by atoms with Crippen molar-refractivity contribution in [3.63, 3.8) is 0 Å². The smallest absolute Gasteiger partial charge is 0.378 e. The van der Waals surface area contributed by atoms with Crippen LogP contribution in [0.4, 0.5) is 4.79 Å².